The van der Waals surface area contributed by atoms with Gasteiger partial charge in [-0.25, -0.2) is 9.78 Å². The predicted molar refractivity (Wildman–Crippen MR) is 129 cm³/mol. The number of ether oxygens (including phenoxy) is 1. The van der Waals surface area contributed by atoms with Crippen molar-refractivity contribution in [2.45, 2.75) is 6.54 Å². The van der Waals surface area contributed by atoms with Crippen LogP contribution in [-0.4, -0.2) is 51.4 Å². The molecule has 2 amide bonds. The average Bonchev–Trinajstić information content (AvgIpc) is 3.31. The molecule has 4 aromatic rings. The van der Waals surface area contributed by atoms with Gasteiger partial charge in [0.15, 0.2) is 0 Å². The summed E-state index contributed by atoms with van der Waals surface area (Å²) in [5, 5.41) is 3.69. The van der Waals surface area contributed by atoms with Crippen LogP contribution in [0.2, 0.25) is 5.02 Å². The fraction of sp³-hybridized carbons (Fsp3) is 0.200. The molecule has 168 valence electrons. The van der Waals surface area contributed by atoms with Crippen LogP contribution in [-0.2, 0) is 6.54 Å². The van der Waals surface area contributed by atoms with Crippen molar-refractivity contribution in [1.29, 1.82) is 0 Å². The Morgan fingerprint density at radius 2 is 1.76 bits per heavy atom. The fourth-order valence-electron chi connectivity index (χ4n) is 3.95. The van der Waals surface area contributed by atoms with E-state index in [0.717, 1.165) is 42.6 Å². The summed E-state index contributed by atoms with van der Waals surface area (Å²) < 4.78 is 7.82. The van der Waals surface area contributed by atoms with Gasteiger partial charge < -0.3 is 9.64 Å². The van der Waals surface area contributed by atoms with Gasteiger partial charge in [-0.05, 0) is 54.1 Å². The molecule has 1 aliphatic rings. The Morgan fingerprint density at radius 1 is 0.970 bits per heavy atom. The van der Waals surface area contributed by atoms with E-state index in [1.54, 1.807) is 6.20 Å². The summed E-state index contributed by atoms with van der Waals surface area (Å²) in [6.07, 6.45) is 3.56. The number of carbonyl (C=O) groups excluding carboxylic acids is 1. The van der Waals surface area contributed by atoms with E-state index in [1.807, 2.05) is 70.1 Å². The molecule has 3 heterocycles. The van der Waals surface area contributed by atoms with Gasteiger partial charge in [-0.2, -0.15) is 0 Å². The molecule has 0 atom stereocenters. The van der Waals surface area contributed by atoms with Crippen LogP contribution in [0.3, 0.4) is 0 Å². The molecule has 1 fully saturated rings. The maximum absolute atomic E-state index is 12.8. The van der Waals surface area contributed by atoms with Crippen molar-refractivity contribution in [3.63, 3.8) is 0 Å². The number of hydrogen-bond acceptors (Lipinski definition) is 4. The highest BCUT2D eigenvalue weighted by Crippen LogP contribution is 2.24. The van der Waals surface area contributed by atoms with Crippen molar-refractivity contribution in [2.75, 3.05) is 31.5 Å². The van der Waals surface area contributed by atoms with Crippen LogP contribution < -0.4 is 10.1 Å². The number of hydrogen-bond donors (Lipinski definition) is 1. The minimum Gasteiger partial charge on any atom is -0.457 e. The van der Waals surface area contributed by atoms with Crippen molar-refractivity contribution in [2.24, 2.45) is 0 Å². The number of urea groups is 1. The van der Waals surface area contributed by atoms with E-state index in [9.17, 15) is 4.79 Å². The number of anilines is 1. The molecule has 8 heteroatoms. The Hall–Kier alpha value is -3.55. The number of carbonyl (C=O) groups is 1. The van der Waals surface area contributed by atoms with Crippen LogP contribution >= 0.6 is 11.6 Å². The zero-order valence-corrected chi connectivity index (χ0v) is 18.8. The molecule has 0 spiro atoms. The van der Waals surface area contributed by atoms with Crippen LogP contribution in [0.15, 0.2) is 79.1 Å². The monoisotopic (exact) mass is 461 g/mol. The molecule has 2 aromatic heterocycles. The highest BCUT2D eigenvalue weighted by Gasteiger charge is 2.21. The second-order valence-electron chi connectivity index (χ2n) is 7.96. The fourth-order valence-corrected chi connectivity index (χ4v) is 4.08. The number of imidazole rings is 1. The second-order valence-corrected chi connectivity index (χ2v) is 8.40. The van der Waals surface area contributed by atoms with Gasteiger partial charge in [-0.15, -0.1) is 0 Å². The quantitative estimate of drug-likeness (QED) is 0.447. The number of nitrogens with one attached hydrogen (secondary N) is 1. The van der Waals surface area contributed by atoms with Crippen LogP contribution in [0.25, 0.3) is 5.65 Å². The zero-order valence-electron chi connectivity index (χ0n) is 18.0. The van der Waals surface area contributed by atoms with Crippen molar-refractivity contribution < 1.29 is 9.53 Å². The first-order chi connectivity index (χ1) is 16.1. The number of halogens is 1. The van der Waals surface area contributed by atoms with Crippen LogP contribution in [0, 0.1) is 0 Å². The molecule has 1 N–H and O–H groups in total. The van der Waals surface area contributed by atoms with Gasteiger partial charge >= 0.3 is 6.03 Å². The highest BCUT2D eigenvalue weighted by molar-refractivity contribution is 6.30. The van der Waals surface area contributed by atoms with Crippen LogP contribution in [0.5, 0.6) is 11.5 Å². The Kier molecular flexibility index (Phi) is 6.15. The molecule has 0 radical (unpaired) electrons. The van der Waals surface area contributed by atoms with Gasteiger partial charge in [-0.1, -0.05) is 29.8 Å². The minimum absolute atomic E-state index is 0.0887. The zero-order chi connectivity index (χ0) is 22.6. The number of pyridine rings is 1. The van der Waals surface area contributed by atoms with E-state index in [0.29, 0.717) is 18.1 Å². The van der Waals surface area contributed by atoms with E-state index >= 15 is 0 Å². The van der Waals surface area contributed by atoms with Gasteiger partial charge in [0, 0.05) is 50.1 Å². The summed E-state index contributed by atoms with van der Waals surface area (Å²) in [6, 6.07) is 21.0. The molecule has 1 saturated heterocycles. The van der Waals surface area contributed by atoms with Gasteiger partial charge in [-0.3, -0.25) is 14.6 Å². The summed E-state index contributed by atoms with van der Waals surface area (Å²) in [5.41, 5.74) is 1.98. The third-order valence-corrected chi connectivity index (χ3v) is 5.93. The lowest BCUT2D eigenvalue weighted by Crippen LogP contribution is -2.49. The normalized spacial score (nSPS) is 14.4. The topological polar surface area (TPSA) is 62.1 Å². The molecule has 7 nitrogen and oxygen atoms in total. The standard InChI is InChI=1S/C25H24ClN5O2/c26-20-7-9-21(10-8-20)33-22-4-1-3-19(17-22)18-29-13-15-30(16-14-29)25(32)28-24-6-2-5-23-27-11-12-31(23)24/h1-12,17H,13-16,18H2,(H,28,32). The summed E-state index contributed by atoms with van der Waals surface area (Å²) in [4.78, 5) is 21.2. The Morgan fingerprint density at radius 3 is 2.58 bits per heavy atom. The highest BCUT2D eigenvalue weighted by atomic mass is 35.5. The molecule has 5 rings (SSSR count). The first-order valence-electron chi connectivity index (χ1n) is 10.9. The Balaban J connectivity index is 1.15. The Labute approximate surface area is 197 Å². The van der Waals surface area contributed by atoms with Gasteiger partial charge in [0.05, 0.1) is 0 Å². The van der Waals surface area contributed by atoms with Crippen molar-refractivity contribution >= 4 is 29.1 Å². The van der Waals surface area contributed by atoms with Crippen molar-refractivity contribution in [3.05, 3.63) is 89.7 Å². The lowest BCUT2D eigenvalue weighted by atomic mass is 10.2. The largest absolute Gasteiger partial charge is 0.457 e. The molecule has 33 heavy (non-hydrogen) atoms. The third-order valence-electron chi connectivity index (χ3n) is 5.68. The lowest BCUT2D eigenvalue weighted by molar-refractivity contribution is 0.143. The first kappa shape index (κ1) is 21.3. The van der Waals surface area contributed by atoms with Gasteiger partial charge in [0.1, 0.15) is 23.0 Å². The van der Waals surface area contributed by atoms with E-state index in [1.165, 1.54) is 5.56 Å². The van der Waals surface area contributed by atoms with Gasteiger partial charge in [0.2, 0.25) is 0 Å². The molecule has 0 saturated carbocycles. The maximum atomic E-state index is 12.8. The first-order valence-corrected chi connectivity index (χ1v) is 11.2. The van der Waals surface area contributed by atoms with E-state index in [-0.39, 0.29) is 6.03 Å². The Bertz CT molecular complexity index is 1250. The van der Waals surface area contributed by atoms with Crippen molar-refractivity contribution in [3.8, 4) is 11.5 Å². The number of fused-ring (bicyclic) bond motifs is 1. The van der Waals surface area contributed by atoms with Crippen LogP contribution in [0.4, 0.5) is 10.6 Å². The predicted octanol–water partition coefficient (Wildman–Crippen LogP) is 5.13. The van der Waals surface area contributed by atoms with E-state index in [4.69, 9.17) is 16.3 Å². The summed E-state index contributed by atoms with van der Waals surface area (Å²) in [5.74, 6) is 2.26. The molecule has 2 aromatic carbocycles. The number of benzene rings is 2. The molecule has 0 bridgehead atoms. The molecule has 0 aliphatic carbocycles. The second kappa shape index (κ2) is 9.52. The summed E-state index contributed by atoms with van der Waals surface area (Å²) >= 11 is 5.94. The lowest BCUT2D eigenvalue weighted by Gasteiger charge is -2.34. The molecular formula is C25H24ClN5O2. The SMILES string of the molecule is O=C(Nc1cccc2nccn12)N1CCN(Cc2cccc(Oc3ccc(Cl)cc3)c2)CC1. The maximum Gasteiger partial charge on any atom is 0.323 e. The summed E-state index contributed by atoms with van der Waals surface area (Å²) in [6.45, 7) is 3.77. The molecule has 0 unspecified atom stereocenters. The molecule has 1 aliphatic heterocycles. The third kappa shape index (κ3) is 5.10. The smallest absolute Gasteiger partial charge is 0.323 e. The van der Waals surface area contributed by atoms with E-state index < -0.39 is 0 Å². The van der Waals surface area contributed by atoms with Gasteiger partial charge in [0.25, 0.3) is 0 Å². The number of nitrogens with zero attached hydrogens (tertiary/aromatic N) is 4. The number of piperazine rings is 1. The average molecular weight is 462 g/mol. The molecular weight excluding hydrogens is 438 g/mol. The number of aromatic nitrogens is 2. The van der Waals surface area contributed by atoms with Crippen LogP contribution in [0.1, 0.15) is 5.56 Å². The number of amides is 2. The van der Waals surface area contributed by atoms with E-state index in [2.05, 4.69) is 27.3 Å². The minimum atomic E-state index is -0.0887. The number of rotatable bonds is 5. The summed E-state index contributed by atoms with van der Waals surface area (Å²) in [7, 11) is 0. The van der Waals surface area contributed by atoms with Crippen molar-refractivity contribution in [1.82, 2.24) is 19.2 Å².